The van der Waals surface area contributed by atoms with E-state index in [-0.39, 0.29) is 17.5 Å². The van der Waals surface area contributed by atoms with Gasteiger partial charge in [-0.15, -0.1) is 0 Å². The Morgan fingerprint density at radius 2 is 1.42 bits per heavy atom. The van der Waals surface area contributed by atoms with E-state index in [1.807, 2.05) is 18.2 Å². The number of dihydropyridines is 1. The molecule has 0 saturated heterocycles. The second kappa shape index (κ2) is 6.63. The maximum Gasteiger partial charge on any atom is 0.179 e. The lowest BCUT2D eigenvalue weighted by molar-refractivity contribution is -0.117. The maximum absolute atomic E-state index is 12.5. The summed E-state index contributed by atoms with van der Waals surface area (Å²) in [6, 6.07) is 5.89. The molecule has 3 aliphatic rings. The number of allylic oxidation sites excluding steroid dienone is 4. The highest BCUT2D eigenvalue weighted by Crippen LogP contribution is 2.47. The summed E-state index contributed by atoms with van der Waals surface area (Å²) in [6.45, 7) is 0. The van der Waals surface area contributed by atoms with Crippen molar-refractivity contribution < 1.29 is 19.1 Å². The van der Waals surface area contributed by atoms with Crippen molar-refractivity contribution in [2.45, 2.75) is 44.4 Å². The summed E-state index contributed by atoms with van der Waals surface area (Å²) >= 11 is 0. The van der Waals surface area contributed by atoms with Crippen molar-refractivity contribution in [1.29, 1.82) is 0 Å². The van der Waals surface area contributed by atoms with Gasteiger partial charge in [-0.1, -0.05) is 6.07 Å². The van der Waals surface area contributed by atoms with E-state index in [1.165, 1.54) is 0 Å². The number of Topliss-reactive ketones (excluding diaryl/α,β-unsaturated/α-hetero) is 2. The summed E-state index contributed by atoms with van der Waals surface area (Å²) < 4.78 is 10.8. The Kier molecular flexibility index (Phi) is 4.31. The van der Waals surface area contributed by atoms with E-state index in [9.17, 15) is 9.59 Å². The minimum absolute atomic E-state index is 0.0328. The summed E-state index contributed by atoms with van der Waals surface area (Å²) in [5.41, 5.74) is 4.56. The largest absolute Gasteiger partial charge is 0.493 e. The molecule has 0 unspecified atom stereocenters. The van der Waals surface area contributed by atoms with Gasteiger partial charge in [0.2, 0.25) is 0 Å². The Hall–Kier alpha value is -2.56. The van der Waals surface area contributed by atoms with E-state index >= 15 is 0 Å². The molecule has 136 valence electrons. The molecular formula is C21H23NO4. The van der Waals surface area contributed by atoms with Crippen molar-refractivity contribution in [1.82, 2.24) is 5.32 Å². The van der Waals surface area contributed by atoms with E-state index in [0.717, 1.165) is 42.4 Å². The molecular weight excluding hydrogens is 330 g/mol. The molecule has 5 heteroatoms. The first-order valence-corrected chi connectivity index (χ1v) is 9.15. The number of nitrogens with one attached hydrogen (secondary N) is 1. The van der Waals surface area contributed by atoms with Gasteiger partial charge in [0.15, 0.2) is 23.1 Å². The molecule has 1 heterocycles. The van der Waals surface area contributed by atoms with Crippen molar-refractivity contribution in [3.63, 3.8) is 0 Å². The first kappa shape index (κ1) is 16.9. The Morgan fingerprint density at radius 3 is 1.96 bits per heavy atom. The third-order valence-electron chi connectivity index (χ3n) is 5.59. The summed E-state index contributed by atoms with van der Waals surface area (Å²) in [5.74, 6) is 1.53. The van der Waals surface area contributed by atoms with Gasteiger partial charge in [0, 0.05) is 18.8 Å². The number of hydrogen-bond donors (Lipinski definition) is 1. The van der Waals surface area contributed by atoms with Crippen LogP contribution in [-0.4, -0.2) is 25.8 Å². The zero-order chi connectivity index (χ0) is 18.3. The van der Waals surface area contributed by atoms with E-state index in [1.54, 1.807) is 14.2 Å². The third kappa shape index (κ3) is 2.62. The van der Waals surface area contributed by atoms with Gasteiger partial charge in [0.25, 0.3) is 0 Å². The number of methoxy groups -OCH3 is 2. The molecule has 0 bridgehead atoms. The van der Waals surface area contributed by atoms with E-state index in [2.05, 4.69) is 5.32 Å². The number of ketones is 2. The quantitative estimate of drug-likeness (QED) is 0.902. The highest BCUT2D eigenvalue weighted by molar-refractivity contribution is 6.03. The Bertz CT molecular complexity index is 808. The zero-order valence-electron chi connectivity index (χ0n) is 15.2. The Labute approximate surface area is 153 Å². The van der Waals surface area contributed by atoms with Crippen LogP contribution in [0.3, 0.4) is 0 Å². The first-order valence-electron chi connectivity index (χ1n) is 9.15. The van der Waals surface area contributed by atoms with Gasteiger partial charge in [-0.2, -0.15) is 0 Å². The zero-order valence-corrected chi connectivity index (χ0v) is 15.2. The molecule has 0 aromatic heterocycles. The van der Waals surface area contributed by atoms with Crippen LogP contribution in [0.25, 0.3) is 0 Å². The monoisotopic (exact) mass is 353 g/mol. The van der Waals surface area contributed by atoms with Crippen LogP contribution in [0.2, 0.25) is 0 Å². The van der Waals surface area contributed by atoms with Crippen LogP contribution < -0.4 is 14.8 Å². The Morgan fingerprint density at radius 1 is 0.846 bits per heavy atom. The molecule has 26 heavy (non-hydrogen) atoms. The SMILES string of the molecule is COc1ccc(C2C3=C(NC4=C2CCCC4=O)C(=O)CCC3)cc1OC. The van der Waals surface area contributed by atoms with Gasteiger partial charge < -0.3 is 14.8 Å². The van der Waals surface area contributed by atoms with Crippen molar-refractivity contribution in [2.24, 2.45) is 0 Å². The van der Waals surface area contributed by atoms with Crippen LogP contribution in [-0.2, 0) is 9.59 Å². The third-order valence-corrected chi connectivity index (χ3v) is 5.59. The molecule has 0 fully saturated rings. The summed E-state index contributed by atoms with van der Waals surface area (Å²) in [4.78, 5) is 25.0. The maximum atomic E-state index is 12.5. The number of benzene rings is 1. The van der Waals surface area contributed by atoms with E-state index in [0.29, 0.717) is 35.7 Å². The van der Waals surface area contributed by atoms with Crippen molar-refractivity contribution in [3.05, 3.63) is 46.3 Å². The number of carbonyl (C=O) groups excluding carboxylic acids is 2. The average Bonchev–Trinajstić information content (AvgIpc) is 2.67. The van der Waals surface area contributed by atoms with Crippen LogP contribution in [0.4, 0.5) is 0 Å². The Balaban J connectivity index is 1.88. The molecule has 2 aliphatic carbocycles. The van der Waals surface area contributed by atoms with Crippen LogP contribution >= 0.6 is 0 Å². The standard InChI is InChI=1S/C21H23NO4/c1-25-17-10-9-12(11-18(17)26-2)19-13-5-3-7-15(23)20(13)22-21-14(19)6-4-8-16(21)24/h9-11,19,22H,3-8H2,1-2H3. The normalized spacial score (nSPS) is 20.5. The fraction of sp³-hybridized carbons (Fsp3) is 0.429. The van der Waals surface area contributed by atoms with Crippen molar-refractivity contribution in [3.8, 4) is 11.5 Å². The second-order valence-corrected chi connectivity index (χ2v) is 7.03. The second-order valence-electron chi connectivity index (χ2n) is 7.03. The molecule has 0 amide bonds. The fourth-order valence-electron chi connectivity index (χ4n) is 4.38. The summed E-state index contributed by atoms with van der Waals surface area (Å²) in [5, 5.41) is 3.21. The molecule has 0 radical (unpaired) electrons. The molecule has 0 saturated carbocycles. The van der Waals surface area contributed by atoms with Gasteiger partial charge in [-0.05, 0) is 54.5 Å². The van der Waals surface area contributed by atoms with Crippen LogP contribution in [0.15, 0.2) is 40.7 Å². The molecule has 0 atom stereocenters. The topological polar surface area (TPSA) is 64.6 Å². The summed E-state index contributed by atoms with van der Waals surface area (Å²) in [7, 11) is 3.23. The summed E-state index contributed by atoms with van der Waals surface area (Å²) in [6.07, 6.45) is 4.55. The molecule has 5 nitrogen and oxygen atoms in total. The highest BCUT2D eigenvalue weighted by atomic mass is 16.5. The van der Waals surface area contributed by atoms with Gasteiger partial charge in [-0.25, -0.2) is 0 Å². The van der Waals surface area contributed by atoms with Gasteiger partial charge in [0.05, 0.1) is 25.6 Å². The fourth-order valence-corrected chi connectivity index (χ4v) is 4.38. The highest BCUT2D eigenvalue weighted by Gasteiger charge is 2.38. The molecule has 4 rings (SSSR count). The van der Waals surface area contributed by atoms with Crippen LogP contribution in [0.5, 0.6) is 11.5 Å². The lowest BCUT2D eigenvalue weighted by Crippen LogP contribution is -2.37. The van der Waals surface area contributed by atoms with Crippen LogP contribution in [0, 0.1) is 0 Å². The molecule has 1 aromatic carbocycles. The first-order chi connectivity index (χ1) is 12.6. The van der Waals surface area contributed by atoms with Gasteiger partial charge >= 0.3 is 0 Å². The van der Waals surface area contributed by atoms with Crippen molar-refractivity contribution in [2.75, 3.05) is 14.2 Å². The lowest BCUT2D eigenvalue weighted by Gasteiger charge is -2.37. The van der Waals surface area contributed by atoms with E-state index < -0.39 is 0 Å². The van der Waals surface area contributed by atoms with Crippen LogP contribution in [0.1, 0.15) is 50.0 Å². The van der Waals surface area contributed by atoms with E-state index in [4.69, 9.17) is 9.47 Å². The number of carbonyl (C=O) groups is 2. The minimum Gasteiger partial charge on any atom is -0.493 e. The van der Waals surface area contributed by atoms with Crippen molar-refractivity contribution >= 4 is 11.6 Å². The number of rotatable bonds is 3. The number of ether oxygens (including phenoxy) is 2. The van der Waals surface area contributed by atoms with Gasteiger partial charge in [-0.3, -0.25) is 9.59 Å². The molecule has 1 aromatic rings. The predicted molar refractivity (Wildman–Crippen MR) is 97.2 cm³/mol. The lowest BCUT2D eigenvalue weighted by atomic mass is 9.72. The smallest absolute Gasteiger partial charge is 0.179 e. The average molecular weight is 353 g/mol. The molecule has 0 spiro atoms. The molecule has 1 N–H and O–H groups in total. The van der Waals surface area contributed by atoms with Gasteiger partial charge in [0.1, 0.15) is 0 Å². The minimum atomic E-state index is -0.0328. The number of hydrogen-bond acceptors (Lipinski definition) is 5. The molecule has 1 aliphatic heterocycles. The predicted octanol–water partition coefficient (Wildman–Crippen LogP) is 3.40.